The van der Waals surface area contributed by atoms with E-state index in [1.807, 2.05) is 0 Å². The van der Waals surface area contributed by atoms with Crippen LogP contribution in [0.25, 0.3) is 5.69 Å². The quantitative estimate of drug-likeness (QED) is 0.133. The number of alkyl halides is 4. The van der Waals surface area contributed by atoms with Gasteiger partial charge < -0.3 is 14.8 Å². The zero-order valence-corrected chi connectivity index (χ0v) is 21.1. The van der Waals surface area contributed by atoms with E-state index in [1.165, 1.54) is 54.5 Å². The molecule has 2 heterocycles. The summed E-state index contributed by atoms with van der Waals surface area (Å²) < 4.78 is 63.4. The third-order valence-corrected chi connectivity index (χ3v) is 5.86. The van der Waals surface area contributed by atoms with Crippen molar-refractivity contribution in [2.45, 2.75) is 38.5 Å². The fraction of sp³-hybridized carbons (Fsp3) is 0.333. The van der Waals surface area contributed by atoms with Crippen molar-refractivity contribution >= 4 is 23.2 Å². The molecule has 38 heavy (non-hydrogen) atoms. The van der Waals surface area contributed by atoms with Crippen molar-refractivity contribution in [3.05, 3.63) is 65.8 Å². The van der Waals surface area contributed by atoms with Crippen LogP contribution in [0.2, 0.25) is 0 Å². The van der Waals surface area contributed by atoms with Gasteiger partial charge >= 0.3 is 6.36 Å². The molecule has 9 nitrogen and oxygen atoms in total. The highest BCUT2D eigenvalue weighted by molar-refractivity contribution is 6.17. The lowest BCUT2D eigenvalue weighted by atomic mass is 9.93. The normalized spacial score (nSPS) is 12.4. The third-order valence-electron chi connectivity index (χ3n) is 5.59. The summed E-state index contributed by atoms with van der Waals surface area (Å²) in [4.78, 5) is 8.52. The summed E-state index contributed by atoms with van der Waals surface area (Å²) in [7, 11) is 1.45. The number of methoxy groups -OCH3 is 1. The Morgan fingerprint density at radius 2 is 1.92 bits per heavy atom. The summed E-state index contributed by atoms with van der Waals surface area (Å²) in [5.41, 5.74) is 1.14. The number of unbranched alkanes of at least 4 members (excludes halogenated alkanes) is 1. The van der Waals surface area contributed by atoms with Crippen molar-refractivity contribution in [2.24, 2.45) is 0 Å². The highest BCUT2D eigenvalue weighted by atomic mass is 35.5. The number of aromatic nitrogens is 6. The van der Waals surface area contributed by atoms with Gasteiger partial charge in [0.25, 0.3) is 0 Å². The molecule has 4 rings (SSSR count). The molecule has 0 aliphatic rings. The molecule has 0 saturated carbocycles. The lowest BCUT2D eigenvalue weighted by Gasteiger charge is -2.16. The Hall–Kier alpha value is -3.87. The molecular weight excluding hydrogens is 530 g/mol. The Morgan fingerprint density at radius 1 is 1.16 bits per heavy atom. The topological polar surface area (TPSA) is 103 Å². The van der Waals surface area contributed by atoms with Gasteiger partial charge in [-0.1, -0.05) is 18.6 Å². The number of nitrogens with one attached hydrogen (secondary N) is 2. The summed E-state index contributed by atoms with van der Waals surface area (Å²) in [6.07, 6.45) is -1.23. The van der Waals surface area contributed by atoms with Gasteiger partial charge in [0.15, 0.2) is 0 Å². The van der Waals surface area contributed by atoms with E-state index in [0.29, 0.717) is 40.9 Å². The van der Waals surface area contributed by atoms with Crippen molar-refractivity contribution in [1.29, 1.82) is 0 Å². The van der Waals surface area contributed by atoms with Crippen LogP contribution in [0.3, 0.4) is 0 Å². The lowest BCUT2D eigenvalue weighted by Crippen LogP contribution is -2.17. The highest BCUT2D eigenvalue weighted by Crippen LogP contribution is 2.33. The Bertz CT molecular complexity index is 1360. The number of aromatic amines is 1. The Balaban J connectivity index is 1.57. The van der Waals surface area contributed by atoms with Gasteiger partial charge in [-0.2, -0.15) is 10.1 Å². The molecule has 0 aliphatic carbocycles. The largest absolute Gasteiger partial charge is 0.573 e. The molecule has 1 atom stereocenters. The maximum absolute atomic E-state index is 15.0. The molecule has 2 aromatic heterocycles. The zero-order valence-electron chi connectivity index (χ0n) is 20.4. The van der Waals surface area contributed by atoms with E-state index in [0.717, 1.165) is 12.8 Å². The van der Waals surface area contributed by atoms with Gasteiger partial charge in [0.2, 0.25) is 5.95 Å². The molecule has 1 unspecified atom stereocenters. The number of halogens is 5. The standard InChI is InChI=1S/C24H24ClF4N7O2/c1-14-30-13-36(35-14)20-11-18(26)19(12-21(20)37-2)31-23-32-22(33-34-23)17(5-3-4-10-25)15-6-8-16(9-7-15)38-24(27,28)29/h6-9,11-13,17H,3-5,10H2,1-2H3,(H2,31,32,33,34). The fourth-order valence-electron chi connectivity index (χ4n) is 3.86. The van der Waals surface area contributed by atoms with Crippen LogP contribution < -0.4 is 14.8 Å². The van der Waals surface area contributed by atoms with Gasteiger partial charge in [0.1, 0.15) is 41.0 Å². The number of H-pyrrole nitrogens is 1. The molecular formula is C24H24ClF4N7O2. The van der Waals surface area contributed by atoms with E-state index in [1.54, 1.807) is 6.92 Å². The zero-order chi connectivity index (χ0) is 27.3. The first-order valence-corrected chi connectivity index (χ1v) is 12.1. The minimum Gasteiger partial charge on any atom is -0.494 e. The molecule has 0 fully saturated rings. The summed E-state index contributed by atoms with van der Waals surface area (Å²) in [6, 6.07) is 8.27. The predicted octanol–water partition coefficient (Wildman–Crippen LogP) is 6.02. The molecule has 4 aromatic rings. The average molecular weight is 554 g/mol. The van der Waals surface area contributed by atoms with Crippen LogP contribution in [0.4, 0.5) is 29.2 Å². The molecule has 0 aliphatic heterocycles. The highest BCUT2D eigenvalue weighted by Gasteiger charge is 2.31. The second-order valence-corrected chi connectivity index (χ2v) is 8.64. The van der Waals surface area contributed by atoms with Gasteiger partial charge in [0.05, 0.1) is 12.8 Å². The second kappa shape index (κ2) is 11.7. The van der Waals surface area contributed by atoms with Gasteiger partial charge in [-0.15, -0.1) is 29.9 Å². The molecule has 2 N–H and O–H groups in total. The minimum atomic E-state index is -4.78. The van der Waals surface area contributed by atoms with Crippen molar-refractivity contribution < 1.29 is 27.0 Å². The van der Waals surface area contributed by atoms with E-state index in [2.05, 4.69) is 35.3 Å². The second-order valence-electron chi connectivity index (χ2n) is 8.26. The monoisotopic (exact) mass is 553 g/mol. The van der Waals surface area contributed by atoms with Gasteiger partial charge in [-0.25, -0.2) is 14.1 Å². The van der Waals surface area contributed by atoms with Crippen LogP contribution in [0, 0.1) is 12.7 Å². The number of nitrogens with zero attached hydrogens (tertiary/aromatic N) is 5. The van der Waals surface area contributed by atoms with Gasteiger partial charge in [-0.3, -0.25) is 5.10 Å². The van der Waals surface area contributed by atoms with Gasteiger partial charge in [-0.05, 0) is 37.5 Å². The SMILES string of the molecule is COc1cc(Nc2n[nH]c(C(CCCCCl)c3ccc(OC(F)(F)F)cc3)n2)c(F)cc1-n1cnc(C)n1. The molecule has 202 valence electrons. The minimum absolute atomic E-state index is 0.0697. The number of anilines is 2. The molecule has 14 heteroatoms. The van der Waals surface area contributed by atoms with Crippen LogP contribution in [0.5, 0.6) is 11.5 Å². The number of benzene rings is 2. The number of rotatable bonds is 11. The van der Waals surface area contributed by atoms with E-state index >= 15 is 0 Å². The Morgan fingerprint density at radius 3 is 2.55 bits per heavy atom. The molecule has 0 amide bonds. The van der Waals surface area contributed by atoms with E-state index in [9.17, 15) is 17.6 Å². The Labute approximate surface area is 220 Å². The summed E-state index contributed by atoms with van der Waals surface area (Å²) >= 11 is 5.82. The molecule has 0 spiro atoms. The van der Waals surface area contributed by atoms with E-state index in [-0.39, 0.29) is 23.3 Å². The summed E-state index contributed by atoms with van der Waals surface area (Å²) in [6.45, 7) is 1.71. The van der Waals surface area contributed by atoms with E-state index in [4.69, 9.17) is 16.3 Å². The Kier molecular flexibility index (Phi) is 8.35. The number of ether oxygens (including phenoxy) is 2. The summed E-state index contributed by atoms with van der Waals surface area (Å²) in [5.74, 6) is 0.644. The van der Waals surface area contributed by atoms with E-state index < -0.39 is 12.2 Å². The first-order valence-electron chi connectivity index (χ1n) is 11.5. The van der Waals surface area contributed by atoms with Crippen LogP contribution >= 0.6 is 11.6 Å². The first-order chi connectivity index (χ1) is 18.2. The smallest absolute Gasteiger partial charge is 0.494 e. The van der Waals surface area contributed by atoms with Crippen LogP contribution in [-0.2, 0) is 0 Å². The molecule has 2 aromatic carbocycles. The lowest BCUT2D eigenvalue weighted by molar-refractivity contribution is -0.274. The summed E-state index contributed by atoms with van der Waals surface area (Å²) in [5, 5.41) is 14.0. The molecule has 0 saturated heterocycles. The van der Waals surface area contributed by atoms with Crippen molar-refractivity contribution in [1.82, 2.24) is 29.9 Å². The number of aryl methyl sites for hydroxylation is 1. The van der Waals surface area contributed by atoms with Crippen LogP contribution in [-0.4, -0.2) is 49.3 Å². The van der Waals surface area contributed by atoms with Gasteiger partial charge in [0, 0.05) is 23.9 Å². The first kappa shape index (κ1) is 27.2. The maximum Gasteiger partial charge on any atom is 0.573 e. The average Bonchev–Trinajstić information content (AvgIpc) is 3.51. The molecule has 0 radical (unpaired) electrons. The van der Waals surface area contributed by atoms with Crippen molar-refractivity contribution in [2.75, 3.05) is 18.3 Å². The maximum atomic E-state index is 15.0. The fourth-order valence-corrected chi connectivity index (χ4v) is 4.04. The third kappa shape index (κ3) is 6.71. The van der Waals surface area contributed by atoms with Crippen molar-refractivity contribution in [3.63, 3.8) is 0 Å². The number of hydrogen-bond acceptors (Lipinski definition) is 7. The van der Waals surface area contributed by atoms with Crippen molar-refractivity contribution in [3.8, 4) is 17.2 Å². The number of hydrogen-bond donors (Lipinski definition) is 2. The van der Waals surface area contributed by atoms with Crippen LogP contribution in [0.1, 0.15) is 42.4 Å². The predicted molar refractivity (Wildman–Crippen MR) is 132 cm³/mol. The van der Waals surface area contributed by atoms with Crippen LogP contribution in [0.15, 0.2) is 42.7 Å². The molecule has 0 bridgehead atoms.